The molecule has 0 saturated carbocycles. The molecule has 30 heavy (non-hydrogen) atoms. The molecule has 8 heteroatoms. The van der Waals surface area contributed by atoms with E-state index in [1.807, 2.05) is 36.4 Å². The van der Waals surface area contributed by atoms with Crippen molar-refractivity contribution < 1.29 is 14.4 Å². The molecule has 1 aromatic carbocycles. The van der Waals surface area contributed by atoms with E-state index >= 15 is 0 Å². The van der Waals surface area contributed by atoms with Crippen LogP contribution < -0.4 is 16.8 Å². The van der Waals surface area contributed by atoms with Crippen LogP contribution in [0.15, 0.2) is 36.4 Å². The molecule has 162 valence electrons. The summed E-state index contributed by atoms with van der Waals surface area (Å²) >= 11 is 0. The van der Waals surface area contributed by atoms with Gasteiger partial charge < -0.3 is 26.6 Å². The highest BCUT2D eigenvalue weighted by Crippen LogP contribution is 2.19. The zero-order chi connectivity index (χ0) is 21.5. The van der Waals surface area contributed by atoms with Crippen molar-refractivity contribution in [2.75, 3.05) is 19.6 Å². The van der Waals surface area contributed by atoms with E-state index in [-0.39, 0.29) is 30.6 Å². The number of carbonyl (C=O) groups is 3. The average Bonchev–Trinajstić information content (AvgIpc) is 3.47. The zero-order valence-corrected chi connectivity index (χ0v) is 17.3. The summed E-state index contributed by atoms with van der Waals surface area (Å²) in [5, 5.41) is 2.92. The molecule has 2 atom stereocenters. The molecule has 0 radical (unpaired) electrons. The smallest absolute Gasteiger partial charge is 0.243 e. The first kappa shape index (κ1) is 22.0. The van der Waals surface area contributed by atoms with Gasteiger partial charge in [0.05, 0.1) is 6.04 Å². The van der Waals surface area contributed by atoms with E-state index in [0.717, 1.165) is 17.5 Å². The molecule has 0 aliphatic carbocycles. The van der Waals surface area contributed by atoms with Gasteiger partial charge in [0.1, 0.15) is 6.04 Å². The molecule has 1 aromatic rings. The Bertz CT molecular complexity index is 784. The van der Waals surface area contributed by atoms with Gasteiger partial charge in [-0.05, 0) is 30.4 Å². The van der Waals surface area contributed by atoms with Crippen LogP contribution >= 0.6 is 0 Å². The van der Waals surface area contributed by atoms with E-state index in [0.29, 0.717) is 39.1 Å². The number of nitrogens with one attached hydrogen (secondary N) is 1. The molecule has 5 N–H and O–H groups in total. The second-order valence-electron chi connectivity index (χ2n) is 7.84. The third kappa shape index (κ3) is 5.46. The first-order valence-electron chi connectivity index (χ1n) is 10.5. The Morgan fingerprint density at radius 3 is 2.43 bits per heavy atom. The number of rotatable bonds is 8. The van der Waals surface area contributed by atoms with Gasteiger partial charge in [0.2, 0.25) is 17.7 Å². The summed E-state index contributed by atoms with van der Waals surface area (Å²) in [6.45, 7) is 2.62. The molecule has 1 fully saturated rings. The van der Waals surface area contributed by atoms with Crippen LogP contribution in [0.3, 0.4) is 0 Å². The van der Waals surface area contributed by atoms with Crippen LogP contribution in [0, 0.1) is 0 Å². The number of nitrogens with zero attached hydrogens (tertiary/aromatic N) is 2. The molecule has 3 rings (SSSR count). The van der Waals surface area contributed by atoms with Crippen LogP contribution in [0.5, 0.6) is 0 Å². The fourth-order valence-electron chi connectivity index (χ4n) is 3.86. The molecule has 2 aliphatic rings. The number of hydrogen-bond acceptors (Lipinski definition) is 5. The van der Waals surface area contributed by atoms with Crippen LogP contribution in [0.4, 0.5) is 0 Å². The molecular weight excluding hydrogens is 382 g/mol. The largest absolute Gasteiger partial charge is 0.350 e. The Morgan fingerprint density at radius 2 is 1.77 bits per heavy atom. The SMILES string of the molecule is NCc1ccc(CNC(=O)[C@@H]2CCCN2C(=O)[C@H](N)CCC(=O)N2CC=CC2)cc1. The Labute approximate surface area is 177 Å². The number of benzene rings is 1. The molecule has 0 aromatic heterocycles. The van der Waals surface area contributed by atoms with Crippen molar-refractivity contribution in [3.63, 3.8) is 0 Å². The van der Waals surface area contributed by atoms with E-state index in [9.17, 15) is 14.4 Å². The van der Waals surface area contributed by atoms with E-state index in [2.05, 4.69) is 5.32 Å². The fraction of sp³-hybridized carbons (Fsp3) is 0.500. The summed E-state index contributed by atoms with van der Waals surface area (Å²) in [6.07, 6.45) is 5.80. The molecule has 0 unspecified atom stereocenters. The zero-order valence-electron chi connectivity index (χ0n) is 17.3. The quantitative estimate of drug-likeness (QED) is 0.528. The van der Waals surface area contributed by atoms with Crippen LogP contribution in [0.1, 0.15) is 36.8 Å². The molecule has 0 bridgehead atoms. The Balaban J connectivity index is 1.48. The maximum absolute atomic E-state index is 12.8. The minimum Gasteiger partial charge on any atom is -0.350 e. The van der Waals surface area contributed by atoms with Crippen molar-refractivity contribution in [3.05, 3.63) is 47.5 Å². The lowest BCUT2D eigenvalue weighted by molar-refractivity contribution is -0.140. The summed E-state index contributed by atoms with van der Waals surface area (Å²) in [5.74, 6) is -0.429. The standard InChI is InChI=1S/C22H31N5O3/c23-14-16-5-7-17(8-6-16)15-25-21(29)19-4-3-13-27(19)22(30)18(24)9-10-20(28)26-11-1-2-12-26/h1-2,5-8,18-19H,3-4,9-15,23-24H2,(H,25,29)/t18-,19+/m1/s1. The second-order valence-corrected chi connectivity index (χ2v) is 7.84. The number of amides is 3. The van der Waals surface area contributed by atoms with Gasteiger partial charge in [-0.2, -0.15) is 0 Å². The molecule has 2 aliphatic heterocycles. The van der Waals surface area contributed by atoms with Gasteiger partial charge >= 0.3 is 0 Å². The van der Waals surface area contributed by atoms with Crippen LogP contribution in [-0.2, 0) is 27.5 Å². The highest BCUT2D eigenvalue weighted by atomic mass is 16.2. The van der Waals surface area contributed by atoms with Crippen molar-refractivity contribution in [2.45, 2.75) is 50.9 Å². The molecule has 0 spiro atoms. The van der Waals surface area contributed by atoms with Gasteiger partial charge in [-0.3, -0.25) is 14.4 Å². The lowest BCUT2D eigenvalue weighted by Crippen LogP contribution is -2.51. The predicted molar refractivity (Wildman–Crippen MR) is 114 cm³/mol. The molecule has 1 saturated heterocycles. The van der Waals surface area contributed by atoms with E-state index in [1.165, 1.54) is 0 Å². The number of likely N-dealkylation sites (tertiary alicyclic amines) is 1. The molecule has 2 heterocycles. The number of hydrogen-bond donors (Lipinski definition) is 3. The van der Waals surface area contributed by atoms with Crippen molar-refractivity contribution in [2.24, 2.45) is 11.5 Å². The van der Waals surface area contributed by atoms with Gasteiger partial charge in [-0.15, -0.1) is 0 Å². The lowest BCUT2D eigenvalue weighted by Gasteiger charge is -2.27. The minimum absolute atomic E-state index is 0.000353. The first-order valence-corrected chi connectivity index (χ1v) is 10.5. The molecule has 3 amide bonds. The second kappa shape index (κ2) is 10.4. The Kier molecular flexibility index (Phi) is 7.59. The van der Waals surface area contributed by atoms with Crippen molar-refractivity contribution in [1.29, 1.82) is 0 Å². The van der Waals surface area contributed by atoms with E-state index in [1.54, 1.807) is 9.80 Å². The highest BCUT2D eigenvalue weighted by Gasteiger charge is 2.36. The topological polar surface area (TPSA) is 122 Å². The van der Waals surface area contributed by atoms with E-state index in [4.69, 9.17) is 11.5 Å². The summed E-state index contributed by atoms with van der Waals surface area (Å²) in [7, 11) is 0. The summed E-state index contributed by atoms with van der Waals surface area (Å²) < 4.78 is 0. The Hall–Kier alpha value is -2.71. The monoisotopic (exact) mass is 413 g/mol. The predicted octanol–water partition coefficient (Wildman–Crippen LogP) is 0.258. The number of nitrogens with two attached hydrogens (primary N) is 2. The van der Waals surface area contributed by atoms with Crippen molar-refractivity contribution in [3.8, 4) is 0 Å². The lowest BCUT2D eigenvalue weighted by atomic mass is 10.1. The fourth-order valence-corrected chi connectivity index (χ4v) is 3.86. The average molecular weight is 414 g/mol. The van der Waals surface area contributed by atoms with Crippen molar-refractivity contribution >= 4 is 17.7 Å². The summed E-state index contributed by atoms with van der Waals surface area (Å²) in [5.41, 5.74) is 13.7. The maximum atomic E-state index is 12.8. The van der Waals surface area contributed by atoms with Crippen LogP contribution in [0.25, 0.3) is 0 Å². The normalized spacial score (nSPS) is 19.2. The molecule has 8 nitrogen and oxygen atoms in total. The van der Waals surface area contributed by atoms with Crippen LogP contribution in [0.2, 0.25) is 0 Å². The third-order valence-electron chi connectivity index (χ3n) is 5.72. The van der Waals surface area contributed by atoms with E-state index < -0.39 is 12.1 Å². The van der Waals surface area contributed by atoms with Gasteiger partial charge in [0, 0.05) is 39.1 Å². The van der Waals surface area contributed by atoms with Gasteiger partial charge in [-0.1, -0.05) is 36.4 Å². The van der Waals surface area contributed by atoms with Gasteiger partial charge in [-0.25, -0.2) is 0 Å². The van der Waals surface area contributed by atoms with Gasteiger partial charge in [0.25, 0.3) is 0 Å². The Morgan fingerprint density at radius 1 is 1.10 bits per heavy atom. The summed E-state index contributed by atoms with van der Waals surface area (Å²) in [6, 6.07) is 6.45. The summed E-state index contributed by atoms with van der Waals surface area (Å²) in [4.78, 5) is 41.0. The first-order chi connectivity index (χ1) is 14.5. The minimum atomic E-state index is -0.776. The van der Waals surface area contributed by atoms with Crippen molar-refractivity contribution in [1.82, 2.24) is 15.1 Å². The van der Waals surface area contributed by atoms with Crippen LogP contribution in [-0.4, -0.2) is 59.2 Å². The highest BCUT2D eigenvalue weighted by molar-refractivity contribution is 5.90. The molecular formula is C22H31N5O3. The maximum Gasteiger partial charge on any atom is 0.243 e. The van der Waals surface area contributed by atoms with Gasteiger partial charge in [0.15, 0.2) is 0 Å². The number of carbonyl (C=O) groups excluding carboxylic acids is 3. The third-order valence-corrected chi connectivity index (χ3v) is 5.72.